The number of carboxylic acid groups (broad SMARTS) is 2. The first kappa shape index (κ1) is 23.3. The summed E-state index contributed by atoms with van der Waals surface area (Å²) in [5, 5.41) is 19.7. The van der Waals surface area contributed by atoms with Crippen molar-refractivity contribution in [3.63, 3.8) is 0 Å². The SMILES string of the molecule is O=C(O)CCCCCCC(c1ccccc1)C(C(=O)O)(c1ccccc1)c1ccccc1. The number of rotatable bonds is 12. The molecule has 1 unspecified atom stereocenters. The van der Waals surface area contributed by atoms with E-state index in [9.17, 15) is 14.7 Å². The molecule has 4 nitrogen and oxygen atoms in total. The van der Waals surface area contributed by atoms with Crippen LogP contribution in [-0.2, 0) is 15.0 Å². The van der Waals surface area contributed by atoms with Gasteiger partial charge in [0.25, 0.3) is 0 Å². The van der Waals surface area contributed by atoms with Crippen molar-refractivity contribution in [3.8, 4) is 0 Å². The Balaban J connectivity index is 2.04. The lowest BCUT2D eigenvalue weighted by atomic mass is 9.62. The fraction of sp³-hybridized carbons (Fsp3) is 0.286. The minimum atomic E-state index is -1.23. The highest BCUT2D eigenvalue weighted by atomic mass is 16.4. The van der Waals surface area contributed by atoms with E-state index in [4.69, 9.17) is 5.11 Å². The molecule has 0 saturated heterocycles. The van der Waals surface area contributed by atoms with Crippen molar-refractivity contribution in [2.75, 3.05) is 0 Å². The fourth-order valence-electron chi connectivity index (χ4n) is 4.66. The van der Waals surface area contributed by atoms with E-state index in [0.717, 1.165) is 36.0 Å². The Hall–Kier alpha value is -3.40. The summed E-state index contributed by atoms with van der Waals surface area (Å²) in [5.41, 5.74) is 1.29. The number of benzene rings is 3. The molecule has 3 aromatic rings. The van der Waals surface area contributed by atoms with Crippen LogP contribution in [0.3, 0.4) is 0 Å². The molecule has 0 aliphatic carbocycles. The maximum absolute atomic E-state index is 13.2. The van der Waals surface area contributed by atoms with E-state index in [2.05, 4.69) is 0 Å². The summed E-state index contributed by atoms with van der Waals surface area (Å²) in [7, 11) is 0. The molecule has 0 amide bonds. The summed E-state index contributed by atoms with van der Waals surface area (Å²) in [6, 6.07) is 28.9. The molecule has 0 bridgehead atoms. The molecule has 0 aliphatic heterocycles. The van der Waals surface area contributed by atoms with Crippen LogP contribution in [0.1, 0.15) is 61.1 Å². The van der Waals surface area contributed by atoms with E-state index in [1.165, 1.54) is 0 Å². The van der Waals surface area contributed by atoms with Crippen LogP contribution in [0.4, 0.5) is 0 Å². The van der Waals surface area contributed by atoms with Gasteiger partial charge in [-0.3, -0.25) is 9.59 Å². The van der Waals surface area contributed by atoms with Gasteiger partial charge in [-0.25, -0.2) is 0 Å². The first-order valence-corrected chi connectivity index (χ1v) is 11.2. The van der Waals surface area contributed by atoms with Crippen molar-refractivity contribution in [3.05, 3.63) is 108 Å². The van der Waals surface area contributed by atoms with Gasteiger partial charge >= 0.3 is 11.9 Å². The lowest BCUT2D eigenvalue weighted by molar-refractivity contribution is -0.143. The summed E-state index contributed by atoms with van der Waals surface area (Å²) in [6.45, 7) is 0. The molecule has 3 aromatic carbocycles. The lowest BCUT2D eigenvalue weighted by Crippen LogP contribution is -2.43. The van der Waals surface area contributed by atoms with E-state index in [1.54, 1.807) is 0 Å². The van der Waals surface area contributed by atoms with Gasteiger partial charge in [0.05, 0.1) is 0 Å². The third-order valence-corrected chi connectivity index (χ3v) is 6.15. The van der Waals surface area contributed by atoms with Crippen molar-refractivity contribution < 1.29 is 19.8 Å². The molecule has 0 spiro atoms. The van der Waals surface area contributed by atoms with Crippen LogP contribution >= 0.6 is 0 Å². The average Bonchev–Trinajstić information content (AvgIpc) is 2.82. The predicted octanol–water partition coefficient (Wildman–Crippen LogP) is 6.27. The molecule has 1 atom stereocenters. The minimum absolute atomic E-state index is 0.176. The van der Waals surface area contributed by atoms with Crippen LogP contribution in [0.2, 0.25) is 0 Å². The van der Waals surface area contributed by atoms with E-state index in [-0.39, 0.29) is 12.3 Å². The van der Waals surface area contributed by atoms with Crippen molar-refractivity contribution in [2.45, 2.75) is 49.9 Å². The number of hydrogen-bond acceptors (Lipinski definition) is 2. The fourth-order valence-corrected chi connectivity index (χ4v) is 4.66. The number of carbonyl (C=O) groups is 2. The predicted molar refractivity (Wildman–Crippen MR) is 126 cm³/mol. The maximum Gasteiger partial charge on any atom is 0.319 e. The second-order valence-corrected chi connectivity index (χ2v) is 8.16. The molecule has 0 fully saturated rings. The molecular formula is C28H30O4. The molecule has 166 valence electrons. The molecule has 0 radical (unpaired) electrons. The minimum Gasteiger partial charge on any atom is -0.481 e. The Labute approximate surface area is 189 Å². The molecule has 0 saturated carbocycles. The standard InChI is InChI=1S/C28H30O4/c29-26(30)21-13-2-1-12-20-25(22-14-6-3-7-15-22)28(27(31)32,23-16-8-4-9-17-23)24-18-10-5-11-19-24/h3-11,14-19,25H,1-2,12-13,20-21H2,(H,29,30)(H,31,32). The zero-order chi connectivity index (χ0) is 22.8. The summed E-state index contributed by atoms with van der Waals surface area (Å²) in [6.07, 6.45) is 4.03. The molecule has 2 N–H and O–H groups in total. The van der Waals surface area contributed by atoms with E-state index >= 15 is 0 Å². The van der Waals surface area contributed by atoms with Gasteiger partial charge in [0, 0.05) is 12.3 Å². The molecular weight excluding hydrogens is 400 g/mol. The Morgan fingerprint density at radius 2 is 1.12 bits per heavy atom. The Bertz CT molecular complexity index is 944. The smallest absolute Gasteiger partial charge is 0.319 e. The largest absolute Gasteiger partial charge is 0.481 e. The monoisotopic (exact) mass is 430 g/mol. The first-order valence-electron chi connectivity index (χ1n) is 11.2. The number of unbranched alkanes of at least 4 members (excludes halogenated alkanes) is 3. The summed E-state index contributed by atoms with van der Waals surface area (Å²) in [4.78, 5) is 24.0. The highest BCUT2D eigenvalue weighted by Gasteiger charge is 2.49. The second-order valence-electron chi connectivity index (χ2n) is 8.16. The van der Waals surface area contributed by atoms with Crippen LogP contribution in [0.5, 0.6) is 0 Å². The van der Waals surface area contributed by atoms with Gasteiger partial charge in [-0.15, -0.1) is 0 Å². The highest BCUT2D eigenvalue weighted by Crippen LogP contribution is 2.47. The molecule has 3 rings (SSSR count). The van der Waals surface area contributed by atoms with Crippen LogP contribution in [-0.4, -0.2) is 22.2 Å². The van der Waals surface area contributed by atoms with Crippen LogP contribution in [0.15, 0.2) is 91.0 Å². The second kappa shape index (κ2) is 11.3. The molecule has 4 heteroatoms. The van der Waals surface area contributed by atoms with Crippen LogP contribution in [0.25, 0.3) is 0 Å². The number of aliphatic carboxylic acids is 2. The zero-order valence-electron chi connectivity index (χ0n) is 18.2. The van der Waals surface area contributed by atoms with Gasteiger partial charge in [-0.1, -0.05) is 110 Å². The Morgan fingerprint density at radius 3 is 1.59 bits per heavy atom. The topological polar surface area (TPSA) is 74.6 Å². The van der Waals surface area contributed by atoms with Gasteiger partial charge in [0.15, 0.2) is 0 Å². The Kier molecular flexibility index (Phi) is 8.20. The molecule has 0 aliphatic rings. The third-order valence-electron chi connectivity index (χ3n) is 6.15. The van der Waals surface area contributed by atoms with Crippen molar-refractivity contribution in [1.82, 2.24) is 0 Å². The van der Waals surface area contributed by atoms with Crippen LogP contribution in [0, 0.1) is 0 Å². The highest BCUT2D eigenvalue weighted by molar-refractivity contribution is 5.87. The molecule has 32 heavy (non-hydrogen) atoms. The van der Waals surface area contributed by atoms with Crippen molar-refractivity contribution >= 4 is 11.9 Å². The Morgan fingerprint density at radius 1 is 0.656 bits per heavy atom. The van der Waals surface area contributed by atoms with Gasteiger partial charge in [0.1, 0.15) is 5.41 Å². The average molecular weight is 431 g/mol. The number of hydrogen-bond donors (Lipinski definition) is 2. The lowest BCUT2D eigenvalue weighted by Gasteiger charge is -2.39. The van der Waals surface area contributed by atoms with E-state index in [1.807, 2.05) is 91.0 Å². The maximum atomic E-state index is 13.2. The van der Waals surface area contributed by atoms with Crippen molar-refractivity contribution in [1.29, 1.82) is 0 Å². The number of carboxylic acids is 2. The van der Waals surface area contributed by atoms with Gasteiger partial charge in [-0.05, 0) is 29.5 Å². The third kappa shape index (κ3) is 5.25. The van der Waals surface area contributed by atoms with E-state index < -0.39 is 17.4 Å². The summed E-state index contributed by atoms with van der Waals surface area (Å²) < 4.78 is 0. The first-order chi connectivity index (χ1) is 15.6. The zero-order valence-corrected chi connectivity index (χ0v) is 18.2. The van der Waals surface area contributed by atoms with Gasteiger partial charge in [-0.2, -0.15) is 0 Å². The van der Waals surface area contributed by atoms with Gasteiger partial charge < -0.3 is 10.2 Å². The van der Waals surface area contributed by atoms with E-state index in [0.29, 0.717) is 12.8 Å². The molecule has 0 aromatic heterocycles. The van der Waals surface area contributed by atoms with Crippen molar-refractivity contribution in [2.24, 2.45) is 0 Å². The molecule has 0 heterocycles. The van der Waals surface area contributed by atoms with Gasteiger partial charge in [0.2, 0.25) is 0 Å². The normalized spacial score (nSPS) is 12.2. The summed E-state index contributed by atoms with van der Waals surface area (Å²) in [5.74, 6) is -1.91. The summed E-state index contributed by atoms with van der Waals surface area (Å²) >= 11 is 0. The van der Waals surface area contributed by atoms with Crippen LogP contribution < -0.4 is 0 Å². The quantitative estimate of drug-likeness (QED) is 0.332.